The van der Waals surface area contributed by atoms with Crippen LogP contribution >= 0.6 is 0 Å². The van der Waals surface area contributed by atoms with Crippen LogP contribution in [0.25, 0.3) is 0 Å². The van der Waals surface area contributed by atoms with E-state index in [9.17, 15) is 0 Å². The molecule has 2 rings (SSSR count). The summed E-state index contributed by atoms with van der Waals surface area (Å²) >= 11 is 0. The Morgan fingerprint density at radius 3 is 2.82 bits per heavy atom. The van der Waals surface area contributed by atoms with Crippen molar-refractivity contribution in [3.8, 4) is 0 Å². The van der Waals surface area contributed by atoms with Crippen LogP contribution in [-0.2, 0) is 19.4 Å². The highest BCUT2D eigenvalue weighted by molar-refractivity contribution is 5.25. The zero-order valence-corrected chi connectivity index (χ0v) is 10.3. The van der Waals surface area contributed by atoms with Gasteiger partial charge in [0.1, 0.15) is 0 Å². The molecule has 0 saturated heterocycles. The summed E-state index contributed by atoms with van der Waals surface area (Å²) in [7, 11) is 0. The second kappa shape index (κ2) is 5.64. The fourth-order valence-electron chi connectivity index (χ4n) is 2.04. The van der Waals surface area contributed by atoms with E-state index in [-0.39, 0.29) is 0 Å². The number of imidazole rings is 1. The molecule has 2 aromatic rings. The molecule has 1 aromatic heterocycles. The maximum atomic E-state index is 5.58. The Labute approximate surface area is 102 Å². The van der Waals surface area contributed by atoms with Crippen LogP contribution in [0.4, 0.5) is 0 Å². The van der Waals surface area contributed by atoms with E-state index >= 15 is 0 Å². The first-order valence-corrected chi connectivity index (χ1v) is 6.05. The number of benzene rings is 1. The topological polar surface area (TPSA) is 43.8 Å². The third-order valence-electron chi connectivity index (χ3n) is 3.08. The van der Waals surface area contributed by atoms with Crippen molar-refractivity contribution in [2.24, 2.45) is 5.73 Å². The lowest BCUT2D eigenvalue weighted by atomic mass is 10.1. The van der Waals surface area contributed by atoms with Crippen molar-refractivity contribution in [2.45, 2.75) is 26.3 Å². The van der Waals surface area contributed by atoms with Crippen LogP contribution in [0.15, 0.2) is 36.8 Å². The number of aromatic nitrogens is 2. The first-order valence-electron chi connectivity index (χ1n) is 6.05. The molecule has 1 aromatic carbocycles. The molecule has 0 saturated carbocycles. The second-order valence-corrected chi connectivity index (χ2v) is 4.29. The molecule has 0 amide bonds. The third kappa shape index (κ3) is 2.94. The summed E-state index contributed by atoms with van der Waals surface area (Å²) in [6.45, 7) is 3.81. The molecule has 0 unspecified atom stereocenters. The van der Waals surface area contributed by atoms with Crippen LogP contribution in [0.5, 0.6) is 0 Å². The number of rotatable bonds is 5. The van der Waals surface area contributed by atoms with E-state index < -0.39 is 0 Å². The fourth-order valence-corrected chi connectivity index (χ4v) is 2.04. The third-order valence-corrected chi connectivity index (χ3v) is 3.08. The van der Waals surface area contributed by atoms with Gasteiger partial charge in [0.15, 0.2) is 0 Å². The van der Waals surface area contributed by atoms with Crippen LogP contribution in [0, 0.1) is 6.92 Å². The summed E-state index contributed by atoms with van der Waals surface area (Å²) in [5.74, 6) is 0. The lowest BCUT2D eigenvalue weighted by Gasteiger charge is -2.09. The minimum Gasteiger partial charge on any atom is -0.334 e. The van der Waals surface area contributed by atoms with Gasteiger partial charge in [0.25, 0.3) is 0 Å². The highest BCUT2D eigenvalue weighted by Crippen LogP contribution is 2.10. The van der Waals surface area contributed by atoms with Gasteiger partial charge in [-0.05, 0) is 31.0 Å². The van der Waals surface area contributed by atoms with Gasteiger partial charge in [-0.15, -0.1) is 0 Å². The minimum atomic E-state index is 0.677. The van der Waals surface area contributed by atoms with Crippen LogP contribution in [0.1, 0.15) is 16.8 Å². The molecule has 0 fully saturated rings. The van der Waals surface area contributed by atoms with Crippen molar-refractivity contribution >= 4 is 0 Å². The average Bonchev–Trinajstić information content (AvgIpc) is 2.76. The Bertz CT molecular complexity index is 474. The minimum absolute atomic E-state index is 0.677. The summed E-state index contributed by atoms with van der Waals surface area (Å²) < 4.78 is 2.19. The first kappa shape index (κ1) is 11.9. The largest absolute Gasteiger partial charge is 0.334 e. The average molecular weight is 229 g/mol. The molecule has 2 N–H and O–H groups in total. The van der Waals surface area contributed by atoms with Gasteiger partial charge in [-0.3, -0.25) is 0 Å². The number of nitrogens with zero attached hydrogens (tertiary/aromatic N) is 2. The quantitative estimate of drug-likeness (QED) is 0.851. The van der Waals surface area contributed by atoms with E-state index in [1.807, 2.05) is 12.5 Å². The summed E-state index contributed by atoms with van der Waals surface area (Å²) in [5, 5.41) is 0. The molecule has 0 atom stereocenters. The Hall–Kier alpha value is -1.61. The molecule has 0 aliphatic rings. The standard InChI is InChI=1S/C14H19N3/c1-12-4-2-3-5-13(12)7-9-17-11-16-10-14(17)6-8-15/h2-5,10-11H,6-9,15H2,1H3. The van der Waals surface area contributed by atoms with E-state index in [4.69, 9.17) is 5.73 Å². The van der Waals surface area contributed by atoms with Crippen LogP contribution in [-0.4, -0.2) is 16.1 Å². The Morgan fingerprint density at radius 2 is 2.06 bits per heavy atom. The van der Waals surface area contributed by atoms with Gasteiger partial charge in [0, 0.05) is 24.9 Å². The van der Waals surface area contributed by atoms with Gasteiger partial charge in [-0.25, -0.2) is 4.98 Å². The van der Waals surface area contributed by atoms with Crippen molar-refractivity contribution in [1.29, 1.82) is 0 Å². The zero-order chi connectivity index (χ0) is 12.1. The van der Waals surface area contributed by atoms with Crippen molar-refractivity contribution in [3.63, 3.8) is 0 Å². The van der Waals surface area contributed by atoms with E-state index in [1.54, 1.807) is 0 Å². The Balaban J connectivity index is 2.02. The van der Waals surface area contributed by atoms with Gasteiger partial charge in [0.05, 0.1) is 6.33 Å². The molecule has 0 aliphatic carbocycles. The smallest absolute Gasteiger partial charge is 0.0948 e. The first-order chi connectivity index (χ1) is 8.31. The van der Waals surface area contributed by atoms with Crippen LogP contribution < -0.4 is 5.73 Å². The number of hydrogen-bond donors (Lipinski definition) is 1. The molecule has 0 radical (unpaired) electrons. The van der Waals surface area contributed by atoms with Crippen molar-refractivity contribution in [1.82, 2.24) is 9.55 Å². The SMILES string of the molecule is Cc1ccccc1CCn1cncc1CCN. The van der Waals surface area contributed by atoms with Crippen molar-refractivity contribution in [2.75, 3.05) is 6.54 Å². The predicted octanol–water partition coefficient (Wildman–Crippen LogP) is 1.94. The number of hydrogen-bond acceptors (Lipinski definition) is 2. The van der Waals surface area contributed by atoms with Gasteiger partial charge < -0.3 is 10.3 Å². The molecule has 90 valence electrons. The van der Waals surface area contributed by atoms with E-state index in [2.05, 4.69) is 40.7 Å². The number of nitrogens with two attached hydrogens (primary N) is 1. The maximum Gasteiger partial charge on any atom is 0.0948 e. The maximum absolute atomic E-state index is 5.58. The summed E-state index contributed by atoms with van der Waals surface area (Å²) in [5.41, 5.74) is 9.56. The highest BCUT2D eigenvalue weighted by Gasteiger charge is 2.02. The summed E-state index contributed by atoms with van der Waals surface area (Å²) in [6, 6.07) is 8.52. The number of aryl methyl sites for hydroxylation is 3. The molecule has 0 bridgehead atoms. The molecule has 0 aliphatic heterocycles. The molecule has 17 heavy (non-hydrogen) atoms. The predicted molar refractivity (Wildman–Crippen MR) is 69.9 cm³/mol. The lowest BCUT2D eigenvalue weighted by Crippen LogP contribution is -2.10. The Morgan fingerprint density at radius 1 is 1.24 bits per heavy atom. The molecular formula is C14H19N3. The highest BCUT2D eigenvalue weighted by atomic mass is 15.0. The lowest BCUT2D eigenvalue weighted by molar-refractivity contribution is 0.656. The van der Waals surface area contributed by atoms with E-state index in [0.29, 0.717) is 6.54 Å². The zero-order valence-electron chi connectivity index (χ0n) is 10.3. The van der Waals surface area contributed by atoms with Gasteiger partial charge in [-0.2, -0.15) is 0 Å². The molecule has 1 heterocycles. The van der Waals surface area contributed by atoms with Crippen LogP contribution in [0.3, 0.4) is 0 Å². The molecule has 0 spiro atoms. The normalized spacial score (nSPS) is 10.7. The van der Waals surface area contributed by atoms with Gasteiger partial charge in [0.2, 0.25) is 0 Å². The fraction of sp³-hybridized carbons (Fsp3) is 0.357. The second-order valence-electron chi connectivity index (χ2n) is 4.29. The molecule has 3 nitrogen and oxygen atoms in total. The Kier molecular flexibility index (Phi) is 3.94. The molecule has 3 heteroatoms. The van der Waals surface area contributed by atoms with Gasteiger partial charge in [-0.1, -0.05) is 24.3 Å². The summed E-state index contributed by atoms with van der Waals surface area (Å²) in [4.78, 5) is 4.18. The van der Waals surface area contributed by atoms with Crippen molar-refractivity contribution in [3.05, 3.63) is 53.6 Å². The summed E-state index contributed by atoms with van der Waals surface area (Å²) in [6.07, 6.45) is 5.74. The molecular weight excluding hydrogens is 210 g/mol. The van der Waals surface area contributed by atoms with E-state index in [0.717, 1.165) is 19.4 Å². The van der Waals surface area contributed by atoms with Gasteiger partial charge >= 0.3 is 0 Å². The monoisotopic (exact) mass is 229 g/mol. The van der Waals surface area contributed by atoms with Crippen molar-refractivity contribution < 1.29 is 0 Å². The van der Waals surface area contributed by atoms with Crippen LogP contribution in [0.2, 0.25) is 0 Å². The van der Waals surface area contributed by atoms with E-state index in [1.165, 1.54) is 16.8 Å².